The lowest BCUT2D eigenvalue weighted by atomic mass is 10.1. The first-order valence-corrected chi connectivity index (χ1v) is 9.29. The Morgan fingerprint density at radius 2 is 1.57 bits per heavy atom. The number of hydrogen-bond acceptors (Lipinski definition) is 5. The lowest BCUT2D eigenvalue weighted by Gasteiger charge is -2.13. The van der Waals surface area contributed by atoms with Crippen LogP contribution in [0.1, 0.15) is 37.9 Å². The molecule has 0 saturated carbocycles. The van der Waals surface area contributed by atoms with Crippen LogP contribution in [0.2, 0.25) is 0 Å². The highest BCUT2D eigenvalue weighted by molar-refractivity contribution is 5.72. The summed E-state index contributed by atoms with van der Waals surface area (Å²) in [6.45, 7) is 4.13. The van der Waals surface area contributed by atoms with Gasteiger partial charge >= 0.3 is 16.9 Å². The molecule has 0 aliphatic carbocycles. The molecule has 0 saturated heterocycles. The van der Waals surface area contributed by atoms with E-state index in [-0.39, 0.29) is 12.2 Å². The van der Waals surface area contributed by atoms with Gasteiger partial charge < -0.3 is 4.90 Å². The summed E-state index contributed by atoms with van der Waals surface area (Å²) in [5, 5.41) is 11.6. The molecule has 2 rings (SSSR count). The van der Waals surface area contributed by atoms with Crippen LogP contribution in [-0.4, -0.2) is 28.2 Å². The molecule has 0 radical (unpaired) electrons. The van der Waals surface area contributed by atoms with Crippen molar-refractivity contribution in [3.63, 3.8) is 0 Å². The van der Waals surface area contributed by atoms with Crippen molar-refractivity contribution in [1.29, 1.82) is 0 Å². The highest BCUT2D eigenvalue weighted by Crippen LogP contribution is 2.18. The van der Waals surface area contributed by atoms with E-state index in [1.54, 1.807) is 6.08 Å². The predicted molar refractivity (Wildman–Crippen MR) is 112 cm³/mol. The molecule has 0 N–H and O–H groups in total. The Hall–Kier alpha value is -3.16. The van der Waals surface area contributed by atoms with E-state index in [1.807, 2.05) is 57.1 Å². The summed E-state index contributed by atoms with van der Waals surface area (Å²) >= 11 is 0. The Balaban J connectivity index is 2.65. The molecular weight excluding hydrogens is 360 g/mol. The largest absolute Gasteiger partial charge is 0.378 e. The third kappa shape index (κ3) is 4.39. The summed E-state index contributed by atoms with van der Waals surface area (Å²) in [5.74, 6) is 0. The van der Waals surface area contributed by atoms with Crippen LogP contribution < -0.4 is 16.1 Å². The number of rotatable bonds is 8. The van der Waals surface area contributed by atoms with Crippen molar-refractivity contribution in [1.82, 2.24) is 9.13 Å². The fraction of sp³-hybridized carbons (Fsp3) is 0.400. The number of benzene rings is 1. The second-order valence-corrected chi connectivity index (χ2v) is 6.70. The van der Waals surface area contributed by atoms with Gasteiger partial charge in [-0.2, -0.15) is 0 Å². The van der Waals surface area contributed by atoms with Crippen molar-refractivity contribution in [3.8, 4) is 0 Å². The summed E-state index contributed by atoms with van der Waals surface area (Å²) < 4.78 is 2.27. The lowest BCUT2D eigenvalue weighted by Crippen LogP contribution is -2.42. The standard InChI is InChI=1S/C20H26N4O4/c1-5-13-22-17(12-9-15-7-10-16(11-8-15)21(3)4)18(24(27)28)19(25)23(14-6-2)20(22)26/h7-12H,5-6,13-14H2,1-4H3/b12-9+. The molecule has 0 aliphatic rings. The summed E-state index contributed by atoms with van der Waals surface area (Å²) in [4.78, 5) is 38.3. The number of nitrogens with zero attached hydrogens (tertiary/aromatic N) is 4. The number of hydrogen-bond donors (Lipinski definition) is 0. The zero-order valence-corrected chi connectivity index (χ0v) is 16.7. The van der Waals surface area contributed by atoms with Crippen LogP contribution in [0.5, 0.6) is 0 Å². The summed E-state index contributed by atoms with van der Waals surface area (Å²) in [6, 6.07) is 7.59. The third-order valence-corrected chi connectivity index (χ3v) is 4.36. The van der Waals surface area contributed by atoms with Gasteiger partial charge in [-0.15, -0.1) is 0 Å². The van der Waals surface area contributed by atoms with Gasteiger partial charge in [-0.05, 0) is 36.6 Å². The minimum absolute atomic E-state index is 0.0332. The quantitative estimate of drug-likeness (QED) is 0.514. The first-order chi connectivity index (χ1) is 13.3. The van der Waals surface area contributed by atoms with Crippen molar-refractivity contribution >= 4 is 23.5 Å². The van der Waals surface area contributed by atoms with Gasteiger partial charge in [0, 0.05) is 32.9 Å². The van der Waals surface area contributed by atoms with Gasteiger partial charge in [0.2, 0.25) is 0 Å². The van der Waals surface area contributed by atoms with Gasteiger partial charge in [0.1, 0.15) is 5.69 Å². The second kappa shape index (κ2) is 9.16. The zero-order chi connectivity index (χ0) is 20.8. The second-order valence-electron chi connectivity index (χ2n) is 6.70. The maximum atomic E-state index is 12.8. The SMILES string of the molecule is CCCn1c(/C=C/c2ccc(N(C)C)cc2)c([N+](=O)[O-])c(=O)n(CCC)c1=O. The molecule has 150 valence electrons. The Morgan fingerprint density at radius 3 is 2.07 bits per heavy atom. The van der Waals surface area contributed by atoms with E-state index in [2.05, 4.69) is 0 Å². The van der Waals surface area contributed by atoms with Crippen LogP contribution in [0.15, 0.2) is 33.9 Å². The van der Waals surface area contributed by atoms with Crippen LogP contribution in [0.4, 0.5) is 11.4 Å². The predicted octanol–water partition coefficient (Wildman–Crippen LogP) is 2.97. The third-order valence-electron chi connectivity index (χ3n) is 4.36. The van der Waals surface area contributed by atoms with Crippen LogP contribution in [0.3, 0.4) is 0 Å². The van der Waals surface area contributed by atoms with Crippen LogP contribution in [0.25, 0.3) is 12.2 Å². The number of aromatic nitrogens is 2. The Morgan fingerprint density at radius 1 is 1.00 bits per heavy atom. The van der Waals surface area contributed by atoms with Crippen molar-refractivity contribution in [2.24, 2.45) is 0 Å². The van der Waals surface area contributed by atoms with Crippen LogP contribution in [0, 0.1) is 10.1 Å². The number of anilines is 1. The maximum Gasteiger partial charge on any atom is 0.357 e. The molecule has 0 unspecified atom stereocenters. The fourth-order valence-electron chi connectivity index (χ4n) is 2.96. The first-order valence-electron chi connectivity index (χ1n) is 9.29. The molecule has 0 aliphatic heterocycles. The van der Waals surface area contributed by atoms with Crippen molar-refractivity contribution in [2.75, 3.05) is 19.0 Å². The molecule has 0 fully saturated rings. The monoisotopic (exact) mass is 386 g/mol. The molecule has 0 spiro atoms. The smallest absolute Gasteiger partial charge is 0.357 e. The molecule has 1 aromatic heterocycles. The highest BCUT2D eigenvalue weighted by Gasteiger charge is 2.25. The van der Waals surface area contributed by atoms with Crippen molar-refractivity contribution in [2.45, 2.75) is 39.8 Å². The zero-order valence-electron chi connectivity index (χ0n) is 16.7. The minimum Gasteiger partial charge on any atom is -0.378 e. The first kappa shape index (κ1) is 21.1. The van der Waals surface area contributed by atoms with Crippen LogP contribution >= 0.6 is 0 Å². The van der Waals surface area contributed by atoms with Gasteiger partial charge in [-0.1, -0.05) is 32.1 Å². The van der Waals surface area contributed by atoms with Gasteiger partial charge in [0.25, 0.3) is 0 Å². The highest BCUT2D eigenvalue weighted by atomic mass is 16.6. The fourth-order valence-corrected chi connectivity index (χ4v) is 2.96. The molecular formula is C20H26N4O4. The molecule has 1 heterocycles. The molecule has 0 atom stereocenters. The molecule has 8 heteroatoms. The minimum atomic E-state index is -0.855. The maximum absolute atomic E-state index is 12.8. The Kier molecular flexibility index (Phi) is 6.92. The summed E-state index contributed by atoms with van der Waals surface area (Å²) in [6.07, 6.45) is 4.31. The van der Waals surface area contributed by atoms with Crippen molar-refractivity contribution < 1.29 is 4.92 Å². The van der Waals surface area contributed by atoms with Crippen LogP contribution in [-0.2, 0) is 13.1 Å². The Labute approximate surface area is 163 Å². The Bertz CT molecular complexity index is 985. The molecule has 0 bridgehead atoms. The van der Waals surface area contributed by atoms with E-state index in [9.17, 15) is 19.7 Å². The van der Waals surface area contributed by atoms with Gasteiger partial charge in [0.15, 0.2) is 0 Å². The molecule has 0 amide bonds. The van der Waals surface area contributed by atoms with E-state index in [0.717, 1.165) is 15.8 Å². The van der Waals surface area contributed by atoms with E-state index >= 15 is 0 Å². The van der Waals surface area contributed by atoms with E-state index < -0.39 is 21.9 Å². The van der Waals surface area contributed by atoms with Gasteiger partial charge in [-0.3, -0.25) is 24.0 Å². The van der Waals surface area contributed by atoms with E-state index in [0.29, 0.717) is 19.4 Å². The molecule has 8 nitrogen and oxygen atoms in total. The summed E-state index contributed by atoms with van der Waals surface area (Å²) in [7, 11) is 3.87. The topological polar surface area (TPSA) is 90.4 Å². The lowest BCUT2D eigenvalue weighted by molar-refractivity contribution is -0.387. The molecule has 28 heavy (non-hydrogen) atoms. The number of nitro groups is 1. The van der Waals surface area contributed by atoms with Crippen molar-refractivity contribution in [3.05, 3.63) is 66.5 Å². The average molecular weight is 386 g/mol. The molecule has 2 aromatic rings. The molecule has 1 aromatic carbocycles. The summed E-state index contributed by atoms with van der Waals surface area (Å²) in [5.41, 5.74) is -0.0661. The normalized spacial score (nSPS) is 11.1. The average Bonchev–Trinajstić information content (AvgIpc) is 2.66. The van der Waals surface area contributed by atoms with E-state index in [1.165, 1.54) is 10.6 Å². The van der Waals surface area contributed by atoms with Gasteiger partial charge in [-0.25, -0.2) is 4.79 Å². The van der Waals surface area contributed by atoms with E-state index in [4.69, 9.17) is 0 Å². The van der Waals surface area contributed by atoms with Gasteiger partial charge in [0.05, 0.1) is 4.92 Å².